The maximum Gasteiger partial charge on any atom is 0.254 e. The Morgan fingerprint density at radius 1 is 1.37 bits per heavy atom. The molecule has 1 atom stereocenters. The maximum atomic E-state index is 13.5. The molecular weight excluding hydrogens is 243 g/mol. The molecule has 0 unspecified atom stereocenters. The number of amides is 1. The van der Waals surface area contributed by atoms with E-state index in [4.69, 9.17) is 0 Å². The van der Waals surface area contributed by atoms with E-state index in [2.05, 4.69) is 17.1 Å². The van der Waals surface area contributed by atoms with Crippen LogP contribution >= 0.6 is 0 Å². The summed E-state index contributed by atoms with van der Waals surface area (Å²) in [5, 5.41) is 2.85. The fourth-order valence-electron chi connectivity index (χ4n) is 2.59. The van der Waals surface area contributed by atoms with E-state index in [-0.39, 0.29) is 11.5 Å². The first-order valence-corrected chi connectivity index (χ1v) is 6.99. The first-order chi connectivity index (χ1) is 9.22. The van der Waals surface area contributed by atoms with Gasteiger partial charge in [0, 0.05) is 12.6 Å². The number of nitrogens with one attached hydrogen (secondary N) is 1. The quantitative estimate of drug-likeness (QED) is 0.886. The molecule has 1 aromatic carbocycles. The third-order valence-corrected chi connectivity index (χ3v) is 3.75. The minimum atomic E-state index is -0.464. The summed E-state index contributed by atoms with van der Waals surface area (Å²) in [5.74, 6) is -0.787. The largest absolute Gasteiger partial charge is 0.350 e. The number of carbonyl (C=O) groups excluding carboxylic acids is 1. The van der Waals surface area contributed by atoms with Crippen LogP contribution in [0.4, 0.5) is 4.39 Å². The lowest BCUT2D eigenvalue weighted by Crippen LogP contribution is -2.42. The second-order valence-corrected chi connectivity index (χ2v) is 5.00. The minimum absolute atomic E-state index is 0.124. The number of carbonyl (C=O) groups is 1. The van der Waals surface area contributed by atoms with Gasteiger partial charge in [-0.2, -0.15) is 0 Å². The maximum absolute atomic E-state index is 13.5. The van der Waals surface area contributed by atoms with Gasteiger partial charge in [0.2, 0.25) is 0 Å². The van der Waals surface area contributed by atoms with E-state index in [0.717, 1.165) is 19.5 Å². The molecule has 1 amide bonds. The molecule has 1 aliphatic rings. The summed E-state index contributed by atoms with van der Waals surface area (Å²) in [7, 11) is 0. The Bertz CT molecular complexity index is 430. The second kappa shape index (κ2) is 6.66. The summed E-state index contributed by atoms with van der Waals surface area (Å²) in [6, 6.07) is 6.45. The molecule has 0 spiro atoms. The van der Waals surface area contributed by atoms with Crippen LogP contribution in [-0.4, -0.2) is 36.5 Å². The fourth-order valence-corrected chi connectivity index (χ4v) is 2.59. The number of benzene rings is 1. The van der Waals surface area contributed by atoms with Gasteiger partial charge in [-0.3, -0.25) is 9.69 Å². The third-order valence-electron chi connectivity index (χ3n) is 3.75. The van der Waals surface area contributed by atoms with Crippen LogP contribution in [-0.2, 0) is 0 Å². The molecule has 1 heterocycles. The molecule has 0 radical (unpaired) electrons. The van der Waals surface area contributed by atoms with E-state index >= 15 is 0 Å². The summed E-state index contributed by atoms with van der Waals surface area (Å²) in [6.45, 7) is 4.92. The molecule has 2 rings (SSSR count). The van der Waals surface area contributed by atoms with E-state index in [1.807, 2.05) is 0 Å². The number of rotatable bonds is 5. The Balaban J connectivity index is 1.90. The Labute approximate surface area is 113 Å². The molecule has 0 aromatic heterocycles. The highest BCUT2D eigenvalue weighted by Gasteiger charge is 2.21. The van der Waals surface area contributed by atoms with Crippen molar-refractivity contribution in [3.8, 4) is 0 Å². The molecule has 0 aliphatic carbocycles. The van der Waals surface area contributed by atoms with Crippen molar-refractivity contribution < 1.29 is 9.18 Å². The van der Waals surface area contributed by atoms with Crippen LogP contribution in [0.5, 0.6) is 0 Å². The van der Waals surface area contributed by atoms with E-state index in [1.165, 1.54) is 25.0 Å². The highest BCUT2D eigenvalue weighted by molar-refractivity contribution is 5.94. The van der Waals surface area contributed by atoms with Gasteiger partial charge in [0.1, 0.15) is 5.82 Å². The zero-order valence-electron chi connectivity index (χ0n) is 11.4. The summed E-state index contributed by atoms with van der Waals surface area (Å²) in [4.78, 5) is 14.3. The van der Waals surface area contributed by atoms with Gasteiger partial charge in [-0.1, -0.05) is 19.1 Å². The van der Waals surface area contributed by atoms with Crippen molar-refractivity contribution in [1.29, 1.82) is 0 Å². The van der Waals surface area contributed by atoms with E-state index in [1.54, 1.807) is 12.1 Å². The van der Waals surface area contributed by atoms with Crippen molar-refractivity contribution in [2.45, 2.75) is 32.2 Å². The van der Waals surface area contributed by atoms with Crippen LogP contribution in [0.1, 0.15) is 36.5 Å². The zero-order valence-corrected chi connectivity index (χ0v) is 11.4. The van der Waals surface area contributed by atoms with Gasteiger partial charge in [-0.05, 0) is 44.5 Å². The average Bonchev–Trinajstić information content (AvgIpc) is 2.94. The van der Waals surface area contributed by atoms with Gasteiger partial charge in [0.05, 0.1) is 5.56 Å². The molecule has 1 aliphatic heterocycles. The summed E-state index contributed by atoms with van der Waals surface area (Å²) in [5.41, 5.74) is 0.124. The van der Waals surface area contributed by atoms with Crippen LogP contribution in [0.3, 0.4) is 0 Å². The summed E-state index contributed by atoms with van der Waals surface area (Å²) in [6.07, 6.45) is 3.47. The molecule has 1 N–H and O–H groups in total. The van der Waals surface area contributed by atoms with Gasteiger partial charge >= 0.3 is 0 Å². The van der Waals surface area contributed by atoms with E-state index in [0.29, 0.717) is 12.6 Å². The Kier molecular flexibility index (Phi) is 4.91. The smallest absolute Gasteiger partial charge is 0.254 e. The predicted molar refractivity (Wildman–Crippen MR) is 73.6 cm³/mol. The Morgan fingerprint density at radius 3 is 2.68 bits per heavy atom. The zero-order chi connectivity index (χ0) is 13.7. The normalized spacial score (nSPS) is 17.4. The van der Waals surface area contributed by atoms with Gasteiger partial charge in [0.25, 0.3) is 5.91 Å². The molecule has 1 saturated heterocycles. The van der Waals surface area contributed by atoms with Gasteiger partial charge in [-0.15, -0.1) is 0 Å². The van der Waals surface area contributed by atoms with Gasteiger partial charge in [0.15, 0.2) is 0 Å². The van der Waals surface area contributed by atoms with Gasteiger partial charge < -0.3 is 5.32 Å². The number of likely N-dealkylation sites (tertiary alicyclic amines) is 1. The van der Waals surface area contributed by atoms with Crippen LogP contribution in [0.2, 0.25) is 0 Å². The Hall–Kier alpha value is -1.42. The third kappa shape index (κ3) is 3.53. The van der Waals surface area contributed by atoms with E-state index in [9.17, 15) is 9.18 Å². The van der Waals surface area contributed by atoms with E-state index < -0.39 is 5.82 Å². The van der Waals surface area contributed by atoms with Crippen molar-refractivity contribution in [3.63, 3.8) is 0 Å². The first-order valence-electron chi connectivity index (χ1n) is 6.99. The highest BCUT2D eigenvalue weighted by atomic mass is 19.1. The fraction of sp³-hybridized carbons (Fsp3) is 0.533. The van der Waals surface area contributed by atoms with Crippen molar-refractivity contribution >= 4 is 5.91 Å². The lowest BCUT2D eigenvalue weighted by Gasteiger charge is -2.26. The monoisotopic (exact) mass is 264 g/mol. The lowest BCUT2D eigenvalue weighted by molar-refractivity contribution is 0.0933. The van der Waals surface area contributed by atoms with Crippen LogP contribution in [0, 0.1) is 5.82 Å². The minimum Gasteiger partial charge on any atom is -0.350 e. The summed E-state index contributed by atoms with van der Waals surface area (Å²) >= 11 is 0. The molecule has 1 fully saturated rings. The molecule has 0 saturated carbocycles. The Morgan fingerprint density at radius 2 is 2.05 bits per heavy atom. The molecule has 4 heteroatoms. The lowest BCUT2D eigenvalue weighted by atomic mass is 10.1. The average molecular weight is 264 g/mol. The van der Waals surface area contributed by atoms with Crippen molar-refractivity contribution in [3.05, 3.63) is 35.6 Å². The molecule has 104 valence electrons. The number of halogens is 1. The molecule has 19 heavy (non-hydrogen) atoms. The van der Waals surface area contributed by atoms with Crippen LogP contribution < -0.4 is 5.32 Å². The number of nitrogens with zero attached hydrogens (tertiary/aromatic N) is 1. The highest BCUT2D eigenvalue weighted by Crippen LogP contribution is 2.13. The first kappa shape index (κ1) is 14.0. The topological polar surface area (TPSA) is 32.3 Å². The van der Waals surface area contributed by atoms with Crippen LogP contribution in [0.15, 0.2) is 24.3 Å². The SMILES string of the molecule is CC[C@H](CNC(=O)c1ccccc1F)N1CCCC1. The molecule has 0 bridgehead atoms. The van der Waals surface area contributed by atoms with Crippen molar-refractivity contribution in [1.82, 2.24) is 10.2 Å². The summed E-state index contributed by atoms with van der Waals surface area (Å²) < 4.78 is 13.5. The second-order valence-electron chi connectivity index (χ2n) is 5.00. The number of hydrogen-bond acceptors (Lipinski definition) is 2. The van der Waals surface area contributed by atoms with Gasteiger partial charge in [-0.25, -0.2) is 4.39 Å². The predicted octanol–water partition coefficient (Wildman–Crippen LogP) is 2.43. The standard InChI is InChI=1S/C15H21FN2O/c1-2-12(18-9-5-6-10-18)11-17-15(19)13-7-3-4-8-14(13)16/h3-4,7-8,12H,2,5-6,9-11H2,1H3,(H,17,19)/t12-/m1/s1. The van der Waals surface area contributed by atoms with Crippen LogP contribution in [0.25, 0.3) is 0 Å². The molecule has 1 aromatic rings. The molecule has 3 nitrogen and oxygen atoms in total. The van der Waals surface area contributed by atoms with Crippen molar-refractivity contribution in [2.75, 3.05) is 19.6 Å². The molecular formula is C15H21FN2O. The number of hydrogen-bond donors (Lipinski definition) is 1. The van der Waals surface area contributed by atoms with Crippen molar-refractivity contribution in [2.24, 2.45) is 0 Å².